The molecule has 1 fully saturated rings. The molecule has 0 atom stereocenters. The molecule has 3 N–H and O–H groups in total. The van der Waals surface area contributed by atoms with Crippen molar-refractivity contribution >= 4 is 41.0 Å². The second-order valence-electron chi connectivity index (χ2n) is 5.04. The summed E-state index contributed by atoms with van der Waals surface area (Å²) in [5.41, 5.74) is 5.66. The van der Waals surface area contributed by atoms with E-state index in [1.165, 1.54) is 16.7 Å². The zero-order valence-electron chi connectivity index (χ0n) is 11.3. The number of nitrogens with two attached hydrogens (primary N) is 1. The molecule has 108 valence electrons. The summed E-state index contributed by atoms with van der Waals surface area (Å²) in [6, 6.07) is 4.89. The Kier molecular flexibility index (Phi) is 4.15. The Bertz CT molecular complexity index is 563. The number of hydrogen-bond donors (Lipinski definition) is 2. The molecule has 0 aromatic heterocycles. The molecule has 7 heteroatoms. The highest BCUT2D eigenvalue weighted by Gasteiger charge is 2.43. The molecule has 20 heavy (non-hydrogen) atoms. The second kappa shape index (κ2) is 5.54. The fourth-order valence-electron chi connectivity index (χ4n) is 1.90. The molecule has 1 heterocycles. The predicted molar refractivity (Wildman–Crippen MR) is 80.9 cm³/mol. The van der Waals surface area contributed by atoms with Crippen molar-refractivity contribution in [3.63, 3.8) is 0 Å². The van der Waals surface area contributed by atoms with Gasteiger partial charge in [-0.3, -0.25) is 9.69 Å². The highest BCUT2D eigenvalue weighted by molar-refractivity contribution is 7.99. The Morgan fingerprint density at radius 1 is 1.40 bits per heavy atom. The average Bonchev–Trinajstić information content (AvgIpc) is 2.55. The zero-order valence-corrected chi connectivity index (χ0v) is 12.8. The molecule has 5 nitrogen and oxygen atoms in total. The van der Waals surface area contributed by atoms with Crippen LogP contribution in [0.3, 0.4) is 0 Å². The first-order valence-electron chi connectivity index (χ1n) is 6.13. The van der Waals surface area contributed by atoms with E-state index < -0.39 is 5.54 Å². The Morgan fingerprint density at radius 2 is 2.10 bits per heavy atom. The molecule has 1 aromatic carbocycles. The van der Waals surface area contributed by atoms with Crippen molar-refractivity contribution < 1.29 is 9.59 Å². The van der Waals surface area contributed by atoms with Crippen molar-refractivity contribution in [3.8, 4) is 0 Å². The van der Waals surface area contributed by atoms with Crippen LogP contribution in [-0.4, -0.2) is 34.7 Å². The van der Waals surface area contributed by atoms with Crippen LogP contribution in [0.1, 0.15) is 13.8 Å². The number of hydrogen-bond acceptors (Lipinski definition) is 4. The summed E-state index contributed by atoms with van der Waals surface area (Å²) < 4.78 is 0. The van der Waals surface area contributed by atoms with Crippen LogP contribution in [0.15, 0.2) is 23.1 Å². The molecule has 0 spiro atoms. The van der Waals surface area contributed by atoms with E-state index in [2.05, 4.69) is 5.32 Å². The van der Waals surface area contributed by atoms with Gasteiger partial charge in [-0.25, -0.2) is 4.79 Å². The number of urea groups is 1. The zero-order chi connectivity index (χ0) is 14.9. The third-order valence-corrected chi connectivity index (χ3v) is 4.28. The van der Waals surface area contributed by atoms with Gasteiger partial charge in [-0.15, -0.1) is 11.8 Å². The predicted octanol–water partition coefficient (Wildman–Crippen LogP) is 2.34. The summed E-state index contributed by atoms with van der Waals surface area (Å²) in [5, 5.41) is 3.25. The van der Waals surface area contributed by atoms with E-state index in [1.54, 1.807) is 32.0 Å². The second-order valence-corrected chi connectivity index (χ2v) is 6.62. The normalized spacial score (nSPS) is 17.4. The van der Waals surface area contributed by atoms with Gasteiger partial charge in [-0.1, -0.05) is 11.6 Å². The van der Waals surface area contributed by atoms with Crippen LogP contribution in [0, 0.1) is 0 Å². The average molecular weight is 314 g/mol. The lowest BCUT2D eigenvalue weighted by Gasteiger charge is -2.15. The third-order valence-electron chi connectivity index (χ3n) is 2.99. The topological polar surface area (TPSA) is 75.4 Å². The van der Waals surface area contributed by atoms with Gasteiger partial charge in [0.2, 0.25) is 0 Å². The lowest BCUT2D eigenvalue weighted by atomic mass is 10.1. The van der Waals surface area contributed by atoms with Gasteiger partial charge < -0.3 is 11.1 Å². The van der Waals surface area contributed by atoms with Crippen molar-refractivity contribution in [1.29, 1.82) is 0 Å². The monoisotopic (exact) mass is 313 g/mol. The van der Waals surface area contributed by atoms with E-state index in [9.17, 15) is 9.59 Å². The minimum absolute atomic E-state index is 0.206. The molecule has 0 aliphatic carbocycles. The quantitative estimate of drug-likeness (QED) is 0.508. The van der Waals surface area contributed by atoms with Gasteiger partial charge in [0.05, 0.1) is 0 Å². The maximum Gasteiger partial charge on any atom is 0.325 e. The first-order valence-corrected chi connectivity index (χ1v) is 7.49. The molecular weight excluding hydrogens is 298 g/mol. The van der Waals surface area contributed by atoms with Crippen molar-refractivity contribution in [2.75, 3.05) is 18.0 Å². The van der Waals surface area contributed by atoms with E-state index in [0.717, 1.165) is 4.90 Å². The molecule has 1 aliphatic heterocycles. The number of nitrogen functional groups attached to an aromatic ring is 1. The highest BCUT2D eigenvalue weighted by Crippen LogP contribution is 2.28. The summed E-state index contributed by atoms with van der Waals surface area (Å²) in [6.45, 7) is 3.72. The van der Waals surface area contributed by atoms with E-state index in [4.69, 9.17) is 17.3 Å². The number of rotatable bonds is 4. The Hall–Kier alpha value is -1.40. The van der Waals surface area contributed by atoms with Gasteiger partial charge in [-0.2, -0.15) is 0 Å². The Balaban J connectivity index is 1.95. The third kappa shape index (κ3) is 3.02. The van der Waals surface area contributed by atoms with E-state index in [-0.39, 0.29) is 11.9 Å². The molecule has 3 amide bonds. The number of anilines is 1. The number of amides is 3. The van der Waals surface area contributed by atoms with Crippen molar-refractivity contribution in [2.24, 2.45) is 0 Å². The van der Waals surface area contributed by atoms with Gasteiger partial charge in [0.15, 0.2) is 0 Å². The largest absolute Gasteiger partial charge is 0.398 e. The first-order chi connectivity index (χ1) is 9.31. The summed E-state index contributed by atoms with van der Waals surface area (Å²) in [7, 11) is 0. The van der Waals surface area contributed by atoms with E-state index in [0.29, 0.717) is 23.0 Å². The van der Waals surface area contributed by atoms with Crippen LogP contribution in [-0.2, 0) is 4.79 Å². The summed E-state index contributed by atoms with van der Waals surface area (Å²) in [4.78, 5) is 25.8. The molecular formula is C13H16ClN3O2S. The summed E-state index contributed by atoms with van der Waals surface area (Å²) in [5.74, 6) is 0.363. The number of benzene rings is 1. The number of carbonyl (C=O) groups excluding carboxylic acids is 2. The van der Waals surface area contributed by atoms with Crippen LogP contribution in [0.2, 0.25) is 5.02 Å². The number of nitrogens with zero attached hydrogens (tertiary/aromatic N) is 1. The van der Waals surface area contributed by atoms with Crippen LogP contribution in [0.4, 0.5) is 10.5 Å². The molecule has 1 aliphatic rings. The SMILES string of the molecule is CC1(C)NC(=O)N(CCSc2cc(Cl)ccc2N)C1=O. The smallest absolute Gasteiger partial charge is 0.325 e. The highest BCUT2D eigenvalue weighted by atomic mass is 35.5. The number of thioether (sulfide) groups is 1. The van der Waals surface area contributed by atoms with Crippen LogP contribution in [0.5, 0.6) is 0 Å². The molecule has 0 saturated carbocycles. The lowest BCUT2D eigenvalue weighted by molar-refractivity contribution is -0.130. The lowest BCUT2D eigenvalue weighted by Crippen LogP contribution is -2.40. The number of halogens is 1. The molecule has 1 saturated heterocycles. The van der Waals surface area contributed by atoms with Crippen molar-refractivity contribution in [3.05, 3.63) is 23.2 Å². The summed E-state index contributed by atoms with van der Waals surface area (Å²) >= 11 is 7.38. The van der Waals surface area contributed by atoms with Crippen LogP contribution >= 0.6 is 23.4 Å². The van der Waals surface area contributed by atoms with E-state index >= 15 is 0 Å². The number of carbonyl (C=O) groups is 2. The van der Waals surface area contributed by atoms with Gasteiger partial charge >= 0.3 is 6.03 Å². The minimum Gasteiger partial charge on any atom is -0.398 e. The van der Waals surface area contributed by atoms with Gasteiger partial charge in [0.25, 0.3) is 5.91 Å². The molecule has 1 aromatic rings. The molecule has 0 unspecified atom stereocenters. The fraction of sp³-hybridized carbons (Fsp3) is 0.385. The number of nitrogens with one attached hydrogen (secondary N) is 1. The Labute approximate surface area is 126 Å². The fourth-order valence-corrected chi connectivity index (χ4v) is 3.08. The standard InChI is InChI=1S/C13H16ClN3O2S/c1-13(2)11(18)17(12(19)16-13)5-6-20-10-7-8(14)3-4-9(10)15/h3-4,7H,5-6,15H2,1-2H3,(H,16,19). The van der Waals surface area contributed by atoms with E-state index in [1.807, 2.05) is 0 Å². The van der Waals surface area contributed by atoms with Gasteiger partial charge in [0, 0.05) is 27.9 Å². The number of imide groups is 1. The maximum atomic E-state index is 12.0. The molecule has 2 rings (SSSR count). The first kappa shape index (κ1) is 15.0. The van der Waals surface area contributed by atoms with Gasteiger partial charge in [0.1, 0.15) is 5.54 Å². The van der Waals surface area contributed by atoms with Crippen LogP contribution in [0.25, 0.3) is 0 Å². The van der Waals surface area contributed by atoms with Gasteiger partial charge in [-0.05, 0) is 32.0 Å². The Morgan fingerprint density at radius 3 is 2.70 bits per heavy atom. The summed E-state index contributed by atoms with van der Waals surface area (Å²) in [6.07, 6.45) is 0. The maximum absolute atomic E-state index is 12.0. The molecule has 0 radical (unpaired) electrons. The molecule has 0 bridgehead atoms. The minimum atomic E-state index is -0.823. The van der Waals surface area contributed by atoms with Crippen molar-refractivity contribution in [1.82, 2.24) is 10.2 Å². The van der Waals surface area contributed by atoms with Crippen molar-refractivity contribution in [2.45, 2.75) is 24.3 Å². The van der Waals surface area contributed by atoms with Crippen LogP contribution < -0.4 is 11.1 Å².